The van der Waals surface area contributed by atoms with E-state index in [0.717, 1.165) is 25.8 Å². The van der Waals surface area contributed by atoms with Crippen LogP contribution in [0.15, 0.2) is 0 Å². The minimum atomic E-state index is 0.245. The first kappa shape index (κ1) is 10.5. The van der Waals surface area contributed by atoms with Crippen LogP contribution < -0.4 is 11.1 Å². The Morgan fingerprint density at radius 2 is 2.31 bits per heavy atom. The fraction of sp³-hybridized carbons (Fsp3) is 0.900. The molecule has 1 amide bonds. The van der Waals surface area contributed by atoms with Crippen molar-refractivity contribution in [3.63, 3.8) is 0 Å². The molecule has 3 N–H and O–H groups in total. The van der Waals surface area contributed by atoms with Crippen LogP contribution in [0.1, 0.15) is 32.6 Å². The van der Waals surface area contributed by atoms with Gasteiger partial charge in [-0.2, -0.15) is 0 Å². The third kappa shape index (κ3) is 3.35. The molecule has 3 nitrogen and oxygen atoms in total. The van der Waals surface area contributed by atoms with E-state index in [1.54, 1.807) is 0 Å². The van der Waals surface area contributed by atoms with Crippen LogP contribution in [0.2, 0.25) is 0 Å². The van der Waals surface area contributed by atoms with Crippen LogP contribution in [0.25, 0.3) is 0 Å². The van der Waals surface area contributed by atoms with E-state index in [9.17, 15) is 4.79 Å². The van der Waals surface area contributed by atoms with Gasteiger partial charge in [0.2, 0.25) is 5.91 Å². The lowest BCUT2D eigenvalue weighted by Crippen LogP contribution is -2.37. The second kappa shape index (κ2) is 5.22. The molecule has 0 spiro atoms. The van der Waals surface area contributed by atoms with Gasteiger partial charge in [0.25, 0.3) is 0 Å². The van der Waals surface area contributed by atoms with E-state index in [2.05, 4.69) is 12.2 Å². The molecule has 0 aromatic rings. The van der Waals surface area contributed by atoms with Gasteiger partial charge in [0.05, 0.1) is 0 Å². The maximum absolute atomic E-state index is 11.4. The molecule has 1 atom stereocenters. The Kier molecular flexibility index (Phi) is 4.22. The second-order valence-corrected chi connectivity index (χ2v) is 4.06. The van der Waals surface area contributed by atoms with Crippen LogP contribution in [0, 0.1) is 11.8 Å². The standard InChI is InChI=1S/C10H20N2O/c1-8(5-6-11)7-12-10(13)9-3-2-4-9/h8-9H,2-7,11H2,1H3,(H,12,13). The van der Waals surface area contributed by atoms with Crippen LogP contribution in [0.3, 0.4) is 0 Å². The summed E-state index contributed by atoms with van der Waals surface area (Å²) in [4.78, 5) is 11.4. The molecule has 13 heavy (non-hydrogen) atoms. The molecule has 0 aliphatic heterocycles. The molecule has 76 valence electrons. The third-order valence-electron chi connectivity index (χ3n) is 2.76. The van der Waals surface area contributed by atoms with Gasteiger partial charge in [-0.1, -0.05) is 13.3 Å². The van der Waals surface area contributed by atoms with Crippen molar-refractivity contribution in [2.75, 3.05) is 13.1 Å². The fourth-order valence-electron chi connectivity index (χ4n) is 1.48. The second-order valence-electron chi connectivity index (χ2n) is 4.06. The molecule has 0 saturated heterocycles. The number of carbonyl (C=O) groups is 1. The fourth-order valence-corrected chi connectivity index (χ4v) is 1.48. The molecule has 0 heterocycles. The maximum Gasteiger partial charge on any atom is 0.223 e. The lowest BCUT2D eigenvalue weighted by molar-refractivity contribution is -0.127. The highest BCUT2D eigenvalue weighted by molar-refractivity contribution is 5.79. The number of nitrogens with two attached hydrogens (primary N) is 1. The smallest absolute Gasteiger partial charge is 0.223 e. The van der Waals surface area contributed by atoms with Gasteiger partial charge >= 0.3 is 0 Å². The van der Waals surface area contributed by atoms with Crippen molar-refractivity contribution in [3.8, 4) is 0 Å². The van der Waals surface area contributed by atoms with Crippen molar-refractivity contribution >= 4 is 5.91 Å². The molecule has 3 heteroatoms. The minimum Gasteiger partial charge on any atom is -0.356 e. The molecule has 0 aromatic carbocycles. The zero-order valence-electron chi connectivity index (χ0n) is 8.38. The van der Waals surface area contributed by atoms with Gasteiger partial charge in [0.1, 0.15) is 0 Å². The average molecular weight is 184 g/mol. The first-order valence-corrected chi connectivity index (χ1v) is 5.21. The number of hydrogen-bond acceptors (Lipinski definition) is 2. The van der Waals surface area contributed by atoms with Crippen LogP contribution >= 0.6 is 0 Å². The summed E-state index contributed by atoms with van der Waals surface area (Å²) in [6, 6.07) is 0. The predicted molar refractivity (Wildman–Crippen MR) is 53.2 cm³/mol. The van der Waals surface area contributed by atoms with Gasteiger partial charge in [0.15, 0.2) is 0 Å². The van der Waals surface area contributed by atoms with E-state index < -0.39 is 0 Å². The Morgan fingerprint density at radius 1 is 1.62 bits per heavy atom. The first-order chi connectivity index (χ1) is 6.24. The normalized spacial score (nSPS) is 19.2. The summed E-state index contributed by atoms with van der Waals surface area (Å²) in [5, 5.41) is 2.97. The lowest BCUT2D eigenvalue weighted by atomic mass is 9.85. The van der Waals surface area contributed by atoms with Gasteiger partial charge < -0.3 is 11.1 Å². The van der Waals surface area contributed by atoms with Crippen molar-refractivity contribution < 1.29 is 4.79 Å². The van der Waals surface area contributed by atoms with Crippen LogP contribution in [0.5, 0.6) is 0 Å². The highest BCUT2D eigenvalue weighted by atomic mass is 16.1. The van der Waals surface area contributed by atoms with E-state index in [0.29, 0.717) is 18.4 Å². The van der Waals surface area contributed by atoms with Gasteiger partial charge in [-0.05, 0) is 31.7 Å². The van der Waals surface area contributed by atoms with E-state index in [4.69, 9.17) is 5.73 Å². The third-order valence-corrected chi connectivity index (χ3v) is 2.76. The van der Waals surface area contributed by atoms with E-state index in [-0.39, 0.29) is 5.91 Å². The van der Waals surface area contributed by atoms with Crippen LogP contribution in [-0.2, 0) is 4.79 Å². The van der Waals surface area contributed by atoms with E-state index >= 15 is 0 Å². The summed E-state index contributed by atoms with van der Waals surface area (Å²) in [6.07, 6.45) is 4.37. The Balaban J connectivity index is 2.06. The molecular weight excluding hydrogens is 164 g/mol. The predicted octanol–water partition coefficient (Wildman–Crippen LogP) is 0.888. The summed E-state index contributed by atoms with van der Waals surface area (Å²) in [6.45, 7) is 3.61. The van der Waals surface area contributed by atoms with Crippen molar-refractivity contribution in [2.45, 2.75) is 32.6 Å². The van der Waals surface area contributed by atoms with Crippen LogP contribution in [0.4, 0.5) is 0 Å². The van der Waals surface area contributed by atoms with Crippen molar-refractivity contribution in [2.24, 2.45) is 17.6 Å². The summed E-state index contributed by atoms with van der Waals surface area (Å²) < 4.78 is 0. The highest BCUT2D eigenvalue weighted by Crippen LogP contribution is 2.26. The number of nitrogens with one attached hydrogen (secondary N) is 1. The zero-order chi connectivity index (χ0) is 9.68. The molecule has 1 aliphatic carbocycles. The van der Waals surface area contributed by atoms with Gasteiger partial charge in [0, 0.05) is 12.5 Å². The number of rotatable bonds is 5. The summed E-state index contributed by atoms with van der Waals surface area (Å²) in [5.41, 5.74) is 5.42. The van der Waals surface area contributed by atoms with Crippen molar-refractivity contribution in [1.82, 2.24) is 5.32 Å². The minimum absolute atomic E-state index is 0.245. The van der Waals surface area contributed by atoms with Gasteiger partial charge in [-0.3, -0.25) is 4.79 Å². The molecule has 1 fully saturated rings. The molecule has 1 saturated carbocycles. The van der Waals surface area contributed by atoms with Gasteiger partial charge in [-0.15, -0.1) is 0 Å². The number of amides is 1. The number of hydrogen-bond donors (Lipinski definition) is 2. The first-order valence-electron chi connectivity index (χ1n) is 5.21. The molecule has 0 aromatic heterocycles. The SMILES string of the molecule is CC(CCN)CNC(=O)C1CCC1. The van der Waals surface area contributed by atoms with Crippen LogP contribution in [-0.4, -0.2) is 19.0 Å². The zero-order valence-corrected chi connectivity index (χ0v) is 8.38. The molecule has 1 rings (SSSR count). The van der Waals surface area contributed by atoms with Gasteiger partial charge in [-0.25, -0.2) is 0 Å². The quantitative estimate of drug-likeness (QED) is 0.666. The van der Waals surface area contributed by atoms with E-state index in [1.165, 1.54) is 6.42 Å². The summed E-state index contributed by atoms with van der Waals surface area (Å²) >= 11 is 0. The van der Waals surface area contributed by atoms with E-state index in [1.807, 2.05) is 0 Å². The Labute approximate surface area is 80.1 Å². The number of carbonyl (C=O) groups excluding carboxylic acids is 1. The Morgan fingerprint density at radius 3 is 2.77 bits per heavy atom. The highest BCUT2D eigenvalue weighted by Gasteiger charge is 2.24. The lowest BCUT2D eigenvalue weighted by Gasteiger charge is -2.24. The Hall–Kier alpha value is -0.570. The molecule has 1 aliphatic rings. The molecular formula is C10H20N2O. The average Bonchev–Trinajstić information content (AvgIpc) is 1.98. The van der Waals surface area contributed by atoms with Crippen molar-refractivity contribution in [1.29, 1.82) is 0 Å². The Bertz CT molecular complexity index is 166. The molecule has 0 radical (unpaired) electrons. The monoisotopic (exact) mass is 184 g/mol. The summed E-state index contributed by atoms with van der Waals surface area (Å²) in [5.74, 6) is 1.06. The molecule has 0 bridgehead atoms. The van der Waals surface area contributed by atoms with Crippen molar-refractivity contribution in [3.05, 3.63) is 0 Å². The summed E-state index contributed by atoms with van der Waals surface area (Å²) in [7, 11) is 0. The topological polar surface area (TPSA) is 55.1 Å². The molecule has 1 unspecified atom stereocenters. The largest absolute Gasteiger partial charge is 0.356 e. The maximum atomic E-state index is 11.4.